The highest BCUT2D eigenvalue weighted by atomic mass is 19.1. The molecule has 0 saturated heterocycles. The molecule has 0 aromatic heterocycles. The number of rotatable bonds is 6. The fraction of sp³-hybridized carbons (Fsp3) is 0.600. The van der Waals surface area contributed by atoms with Crippen molar-refractivity contribution in [2.45, 2.75) is 32.9 Å². The zero-order chi connectivity index (χ0) is 13.7. The smallest absolute Gasteiger partial charge is 0.127 e. The molecule has 0 aliphatic rings. The Labute approximate surface area is 110 Å². The summed E-state index contributed by atoms with van der Waals surface area (Å²) >= 11 is 0. The monoisotopic (exact) mass is 252 g/mol. The van der Waals surface area contributed by atoms with Gasteiger partial charge in [0.25, 0.3) is 0 Å². The summed E-state index contributed by atoms with van der Waals surface area (Å²) in [5, 5.41) is 3.52. The van der Waals surface area contributed by atoms with Crippen molar-refractivity contribution in [1.82, 2.24) is 10.2 Å². The molecule has 3 heteroatoms. The maximum Gasteiger partial charge on any atom is 0.127 e. The van der Waals surface area contributed by atoms with Gasteiger partial charge in [0, 0.05) is 24.2 Å². The van der Waals surface area contributed by atoms with Gasteiger partial charge >= 0.3 is 0 Å². The van der Waals surface area contributed by atoms with Crippen LogP contribution in [-0.2, 0) is 0 Å². The quantitative estimate of drug-likeness (QED) is 0.837. The van der Waals surface area contributed by atoms with Crippen LogP contribution in [0.3, 0.4) is 0 Å². The Morgan fingerprint density at radius 1 is 1.17 bits per heavy atom. The average molecular weight is 252 g/mol. The normalized spacial score (nSPS) is 15.1. The maximum atomic E-state index is 13.7. The zero-order valence-corrected chi connectivity index (χ0v) is 12.1. The molecule has 0 heterocycles. The number of nitrogens with one attached hydrogen (secondary N) is 1. The summed E-state index contributed by atoms with van der Waals surface area (Å²) in [6.45, 7) is 7.35. The van der Waals surface area contributed by atoms with E-state index in [1.807, 2.05) is 19.1 Å². The first-order valence-electron chi connectivity index (χ1n) is 6.57. The molecule has 1 rings (SSSR count). The highest BCUT2D eigenvalue weighted by Gasteiger charge is 2.18. The van der Waals surface area contributed by atoms with Gasteiger partial charge in [-0.25, -0.2) is 4.39 Å². The fourth-order valence-corrected chi connectivity index (χ4v) is 2.09. The van der Waals surface area contributed by atoms with Gasteiger partial charge in [0.1, 0.15) is 5.82 Å². The third kappa shape index (κ3) is 4.39. The zero-order valence-electron chi connectivity index (χ0n) is 12.1. The first-order chi connectivity index (χ1) is 8.41. The molecule has 2 unspecified atom stereocenters. The first-order valence-corrected chi connectivity index (χ1v) is 6.57. The Balaban J connectivity index is 2.72. The second kappa shape index (κ2) is 6.86. The van der Waals surface area contributed by atoms with Crippen molar-refractivity contribution in [2.75, 3.05) is 20.6 Å². The van der Waals surface area contributed by atoms with Gasteiger partial charge < -0.3 is 10.2 Å². The molecular formula is C15H25FN2. The van der Waals surface area contributed by atoms with Crippen LogP contribution in [0.15, 0.2) is 24.3 Å². The minimum Gasteiger partial charge on any atom is -0.308 e. The standard InChI is InChI=1S/C15H25FN2/c1-11(2)15(10-18(4)5)17-12(3)13-8-6-7-9-14(13)16/h6-9,11-12,15,17H,10H2,1-5H3. The molecule has 1 N–H and O–H groups in total. The van der Waals surface area contributed by atoms with Gasteiger partial charge in [0.2, 0.25) is 0 Å². The number of benzene rings is 1. The Bertz CT molecular complexity index is 363. The number of hydrogen-bond donors (Lipinski definition) is 1. The lowest BCUT2D eigenvalue weighted by Gasteiger charge is -2.29. The second-order valence-corrected chi connectivity index (χ2v) is 5.52. The van der Waals surface area contributed by atoms with E-state index in [4.69, 9.17) is 0 Å². The van der Waals surface area contributed by atoms with Gasteiger partial charge in [0.05, 0.1) is 0 Å². The lowest BCUT2D eigenvalue weighted by molar-refractivity contribution is 0.272. The Morgan fingerprint density at radius 2 is 1.78 bits per heavy atom. The summed E-state index contributed by atoms with van der Waals surface area (Å²) < 4.78 is 13.7. The Hall–Kier alpha value is -0.930. The first kappa shape index (κ1) is 15.1. The molecule has 2 nitrogen and oxygen atoms in total. The van der Waals surface area contributed by atoms with Gasteiger partial charge in [-0.1, -0.05) is 32.0 Å². The van der Waals surface area contributed by atoms with E-state index in [0.29, 0.717) is 12.0 Å². The Kier molecular flexibility index (Phi) is 5.76. The van der Waals surface area contributed by atoms with Crippen molar-refractivity contribution in [1.29, 1.82) is 0 Å². The molecule has 2 atom stereocenters. The Morgan fingerprint density at radius 3 is 2.28 bits per heavy atom. The SMILES string of the molecule is CC(NC(CN(C)C)C(C)C)c1ccccc1F. The molecular weight excluding hydrogens is 227 g/mol. The summed E-state index contributed by atoms with van der Waals surface area (Å²) in [6, 6.07) is 7.36. The number of hydrogen-bond acceptors (Lipinski definition) is 2. The minimum atomic E-state index is -0.134. The predicted molar refractivity (Wildman–Crippen MR) is 75.1 cm³/mol. The van der Waals surface area contributed by atoms with E-state index in [1.54, 1.807) is 6.07 Å². The minimum absolute atomic E-state index is 0.0264. The van der Waals surface area contributed by atoms with E-state index in [1.165, 1.54) is 6.07 Å². The molecule has 0 saturated carbocycles. The van der Waals surface area contributed by atoms with Crippen molar-refractivity contribution < 1.29 is 4.39 Å². The summed E-state index contributed by atoms with van der Waals surface area (Å²) in [7, 11) is 4.12. The third-order valence-electron chi connectivity index (χ3n) is 3.20. The topological polar surface area (TPSA) is 15.3 Å². The van der Waals surface area contributed by atoms with Crippen LogP contribution in [0, 0.1) is 11.7 Å². The molecule has 0 fully saturated rings. The van der Waals surface area contributed by atoms with Crippen molar-refractivity contribution in [3.05, 3.63) is 35.6 Å². The molecule has 0 aliphatic carbocycles. The van der Waals surface area contributed by atoms with Crippen LogP contribution in [-0.4, -0.2) is 31.6 Å². The van der Waals surface area contributed by atoms with Crippen LogP contribution in [0.25, 0.3) is 0 Å². The average Bonchev–Trinajstić information content (AvgIpc) is 2.27. The maximum absolute atomic E-state index is 13.7. The van der Waals surface area contributed by atoms with Gasteiger partial charge in [0.15, 0.2) is 0 Å². The second-order valence-electron chi connectivity index (χ2n) is 5.52. The van der Waals surface area contributed by atoms with Crippen LogP contribution in [0.4, 0.5) is 4.39 Å². The summed E-state index contributed by atoms with van der Waals surface area (Å²) in [4.78, 5) is 2.16. The summed E-state index contributed by atoms with van der Waals surface area (Å²) in [5.74, 6) is 0.381. The largest absolute Gasteiger partial charge is 0.308 e. The lowest BCUT2D eigenvalue weighted by Crippen LogP contribution is -2.43. The highest BCUT2D eigenvalue weighted by Crippen LogP contribution is 2.18. The van der Waals surface area contributed by atoms with Crippen LogP contribution in [0.5, 0.6) is 0 Å². The molecule has 0 amide bonds. The van der Waals surface area contributed by atoms with Crippen molar-refractivity contribution in [2.24, 2.45) is 5.92 Å². The molecule has 1 aromatic rings. The summed E-state index contributed by atoms with van der Waals surface area (Å²) in [6.07, 6.45) is 0. The lowest BCUT2D eigenvalue weighted by atomic mass is 10.0. The molecule has 0 bridgehead atoms. The number of halogens is 1. The molecule has 1 aromatic carbocycles. The van der Waals surface area contributed by atoms with E-state index in [-0.39, 0.29) is 11.9 Å². The molecule has 18 heavy (non-hydrogen) atoms. The third-order valence-corrected chi connectivity index (χ3v) is 3.20. The molecule has 102 valence electrons. The van der Waals surface area contributed by atoms with Gasteiger partial charge in [-0.2, -0.15) is 0 Å². The fourth-order valence-electron chi connectivity index (χ4n) is 2.09. The van der Waals surface area contributed by atoms with E-state index in [0.717, 1.165) is 12.1 Å². The highest BCUT2D eigenvalue weighted by molar-refractivity contribution is 5.20. The van der Waals surface area contributed by atoms with E-state index < -0.39 is 0 Å². The van der Waals surface area contributed by atoms with Crippen LogP contribution in [0.2, 0.25) is 0 Å². The van der Waals surface area contributed by atoms with Crippen molar-refractivity contribution in [3.8, 4) is 0 Å². The van der Waals surface area contributed by atoms with Gasteiger partial charge in [-0.3, -0.25) is 0 Å². The predicted octanol–water partition coefficient (Wildman–Crippen LogP) is 3.06. The van der Waals surface area contributed by atoms with E-state index in [2.05, 4.69) is 38.2 Å². The van der Waals surface area contributed by atoms with Gasteiger partial charge in [-0.15, -0.1) is 0 Å². The van der Waals surface area contributed by atoms with Crippen molar-refractivity contribution >= 4 is 0 Å². The molecule has 0 spiro atoms. The number of likely N-dealkylation sites (N-methyl/N-ethyl adjacent to an activating group) is 1. The molecule has 0 radical (unpaired) electrons. The van der Waals surface area contributed by atoms with Crippen LogP contribution >= 0.6 is 0 Å². The van der Waals surface area contributed by atoms with Crippen molar-refractivity contribution in [3.63, 3.8) is 0 Å². The van der Waals surface area contributed by atoms with Crippen LogP contribution < -0.4 is 5.32 Å². The van der Waals surface area contributed by atoms with E-state index >= 15 is 0 Å². The van der Waals surface area contributed by atoms with Crippen LogP contribution in [0.1, 0.15) is 32.4 Å². The van der Waals surface area contributed by atoms with E-state index in [9.17, 15) is 4.39 Å². The van der Waals surface area contributed by atoms with Gasteiger partial charge in [-0.05, 0) is 33.0 Å². The molecule has 0 aliphatic heterocycles. The number of nitrogens with zero attached hydrogens (tertiary/aromatic N) is 1. The summed E-state index contributed by atoms with van der Waals surface area (Å²) in [5.41, 5.74) is 0.738.